The molecule has 120 valence electrons. The van der Waals surface area contributed by atoms with Crippen molar-refractivity contribution in [3.63, 3.8) is 0 Å². The molecule has 23 heavy (non-hydrogen) atoms. The van der Waals surface area contributed by atoms with Gasteiger partial charge in [-0.25, -0.2) is 0 Å². The smallest absolute Gasteiger partial charge is 0.316 e. The number of esters is 1. The number of rotatable bonds is 7. The van der Waals surface area contributed by atoms with E-state index in [0.29, 0.717) is 6.61 Å². The number of methoxy groups -OCH3 is 1. The molecule has 0 amide bonds. The van der Waals surface area contributed by atoms with E-state index in [1.165, 1.54) is 5.56 Å². The van der Waals surface area contributed by atoms with E-state index in [-0.39, 0.29) is 5.97 Å². The van der Waals surface area contributed by atoms with Gasteiger partial charge in [0.1, 0.15) is 5.75 Å². The van der Waals surface area contributed by atoms with E-state index in [1.54, 1.807) is 19.5 Å². The predicted octanol–water partition coefficient (Wildman–Crippen LogP) is 3.30. The molecular weight excluding hydrogens is 290 g/mol. The molecule has 1 aliphatic carbocycles. The molecule has 3 rings (SSSR count). The summed E-state index contributed by atoms with van der Waals surface area (Å²) in [7, 11) is 1.66. The molecule has 0 atom stereocenters. The van der Waals surface area contributed by atoms with Crippen LogP contribution >= 0.6 is 0 Å². The first-order valence-electron chi connectivity index (χ1n) is 7.95. The van der Waals surface area contributed by atoms with E-state index >= 15 is 0 Å². The summed E-state index contributed by atoms with van der Waals surface area (Å²) < 4.78 is 10.7. The lowest BCUT2D eigenvalue weighted by Gasteiger charge is -2.14. The highest BCUT2D eigenvalue weighted by Gasteiger charge is 2.52. The van der Waals surface area contributed by atoms with Crippen LogP contribution in [-0.2, 0) is 21.4 Å². The number of aromatic nitrogens is 1. The zero-order valence-corrected chi connectivity index (χ0v) is 13.3. The Morgan fingerprint density at radius 1 is 1.22 bits per heavy atom. The number of benzene rings is 1. The molecule has 0 spiro atoms. The highest BCUT2D eigenvalue weighted by molar-refractivity contribution is 5.86. The maximum Gasteiger partial charge on any atom is 0.316 e. The lowest BCUT2D eigenvalue weighted by Crippen LogP contribution is -2.23. The predicted molar refractivity (Wildman–Crippen MR) is 87.4 cm³/mol. The van der Waals surface area contributed by atoms with E-state index < -0.39 is 5.41 Å². The Balaban J connectivity index is 1.48. The second kappa shape index (κ2) is 6.82. The maximum absolute atomic E-state index is 12.4. The number of ether oxygens (including phenoxy) is 2. The fraction of sp³-hybridized carbons (Fsp3) is 0.368. The number of pyridine rings is 1. The molecule has 4 heteroatoms. The van der Waals surface area contributed by atoms with Gasteiger partial charge in [-0.2, -0.15) is 0 Å². The normalized spacial score (nSPS) is 15.0. The lowest BCUT2D eigenvalue weighted by atomic mass is 9.97. The van der Waals surface area contributed by atoms with Gasteiger partial charge in [0.2, 0.25) is 0 Å². The van der Waals surface area contributed by atoms with Gasteiger partial charge in [-0.05, 0) is 61.1 Å². The van der Waals surface area contributed by atoms with Crippen molar-refractivity contribution < 1.29 is 14.3 Å². The van der Waals surface area contributed by atoms with E-state index in [9.17, 15) is 4.79 Å². The van der Waals surface area contributed by atoms with Gasteiger partial charge in [0.05, 0.1) is 19.1 Å². The fourth-order valence-corrected chi connectivity index (χ4v) is 2.81. The van der Waals surface area contributed by atoms with Crippen LogP contribution in [-0.4, -0.2) is 24.7 Å². The van der Waals surface area contributed by atoms with Crippen LogP contribution in [0.1, 0.15) is 30.4 Å². The van der Waals surface area contributed by atoms with Crippen LogP contribution in [0.4, 0.5) is 0 Å². The van der Waals surface area contributed by atoms with E-state index in [2.05, 4.69) is 11.1 Å². The van der Waals surface area contributed by atoms with Crippen molar-refractivity contribution in [3.8, 4) is 5.75 Å². The van der Waals surface area contributed by atoms with Crippen molar-refractivity contribution >= 4 is 5.97 Å². The van der Waals surface area contributed by atoms with Crippen LogP contribution in [0.5, 0.6) is 5.75 Å². The summed E-state index contributed by atoms with van der Waals surface area (Å²) in [6.07, 6.45) is 6.87. The molecule has 1 heterocycles. The lowest BCUT2D eigenvalue weighted by molar-refractivity contribution is -0.146. The summed E-state index contributed by atoms with van der Waals surface area (Å²) in [5.74, 6) is 0.753. The average molecular weight is 311 g/mol. The molecule has 4 nitrogen and oxygen atoms in total. The number of nitrogens with zero attached hydrogens (tertiary/aromatic N) is 1. The minimum Gasteiger partial charge on any atom is -0.497 e. The van der Waals surface area contributed by atoms with E-state index in [4.69, 9.17) is 9.47 Å². The fourth-order valence-electron chi connectivity index (χ4n) is 2.81. The Labute approximate surface area is 136 Å². The topological polar surface area (TPSA) is 48.4 Å². The minimum atomic E-state index is -0.418. The summed E-state index contributed by atoms with van der Waals surface area (Å²) in [6.45, 7) is 0.447. The number of carbonyl (C=O) groups is 1. The van der Waals surface area contributed by atoms with Crippen molar-refractivity contribution in [1.29, 1.82) is 0 Å². The third-order valence-electron chi connectivity index (χ3n) is 4.35. The highest BCUT2D eigenvalue weighted by atomic mass is 16.5. The molecule has 1 aromatic carbocycles. The second-order valence-electron chi connectivity index (χ2n) is 5.91. The third-order valence-corrected chi connectivity index (χ3v) is 4.35. The van der Waals surface area contributed by atoms with Crippen molar-refractivity contribution in [2.75, 3.05) is 13.7 Å². The molecule has 1 fully saturated rings. The maximum atomic E-state index is 12.4. The molecule has 0 N–H and O–H groups in total. The van der Waals surface area contributed by atoms with Crippen molar-refractivity contribution in [1.82, 2.24) is 4.98 Å². The minimum absolute atomic E-state index is 0.102. The second-order valence-corrected chi connectivity index (χ2v) is 5.91. The first-order chi connectivity index (χ1) is 11.2. The number of aryl methyl sites for hydroxylation is 1. The molecule has 0 saturated heterocycles. The average Bonchev–Trinajstić information content (AvgIpc) is 3.41. The van der Waals surface area contributed by atoms with Gasteiger partial charge in [-0.15, -0.1) is 0 Å². The molecule has 0 aliphatic heterocycles. The van der Waals surface area contributed by atoms with Crippen molar-refractivity contribution in [3.05, 3.63) is 59.9 Å². The van der Waals surface area contributed by atoms with Gasteiger partial charge >= 0.3 is 5.97 Å². The Hall–Kier alpha value is -2.36. The third kappa shape index (κ3) is 3.52. The first-order valence-corrected chi connectivity index (χ1v) is 7.95. The summed E-state index contributed by atoms with van der Waals surface area (Å²) in [6, 6.07) is 11.8. The van der Waals surface area contributed by atoms with Gasteiger partial charge in [0, 0.05) is 12.4 Å². The monoisotopic (exact) mass is 311 g/mol. The number of carbonyl (C=O) groups excluding carboxylic acids is 1. The van der Waals surface area contributed by atoms with Gasteiger partial charge in [0.25, 0.3) is 0 Å². The molecule has 2 aromatic rings. The standard InChI is InChI=1S/C19H21NO3/c1-22-17-6-2-4-15(14-17)5-3-13-23-18(21)19(9-10-19)16-7-11-20-12-8-16/h2,4,6-8,11-12,14H,3,5,9-10,13H2,1H3. The Bertz CT molecular complexity index is 665. The Kier molecular flexibility index (Phi) is 4.60. The van der Waals surface area contributed by atoms with Crippen LogP contribution in [0.25, 0.3) is 0 Å². The van der Waals surface area contributed by atoms with Crippen molar-refractivity contribution in [2.24, 2.45) is 0 Å². The van der Waals surface area contributed by atoms with E-state index in [1.807, 2.05) is 30.3 Å². The van der Waals surface area contributed by atoms with Crippen LogP contribution < -0.4 is 4.74 Å². The largest absolute Gasteiger partial charge is 0.497 e. The van der Waals surface area contributed by atoms with Gasteiger partial charge in [-0.3, -0.25) is 9.78 Å². The highest BCUT2D eigenvalue weighted by Crippen LogP contribution is 2.49. The van der Waals surface area contributed by atoms with Crippen LogP contribution in [0, 0.1) is 0 Å². The molecule has 0 unspecified atom stereocenters. The van der Waals surface area contributed by atoms with Crippen LogP contribution in [0.3, 0.4) is 0 Å². The molecular formula is C19H21NO3. The summed E-state index contributed by atoms with van der Waals surface area (Å²) in [5, 5.41) is 0. The van der Waals surface area contributed by atoms with Crippen LogP contribution in [0.2, 0.25) is 0 Å². The Morgan fingerprint density at radius 2 is 2.00 bits per heavy atom. The summed E-state index contributed by atoms with van der Waals surface area (Å²) >= 11 is 0. The number of hydrogen-bond donors (Lipinski definition) is 0. The molecule has 1 aromatic heterocycles. The van der Waals surface area contributed by atoms with Gasteiger partial charge in [0.15, 0.2) is 0 Å². The molecule has 0 bridgehead atoms. The van der Waals surface area contributed by atoms with Gasteiger partial charge in [-0.1, -0.05) is 12.1 Å². The zero-order chi connectivity index (χ0) is 16.1. The summed E-state index contributed by atoms with van der Waals surface area (Å²) in [5.41, 5.74) is 1.79. The number of hydrogen-bond acceptors (Lipinski definition) is 4. The van der Waals surface area contributed by atoms with Crippen molar-refractivity contribution in [2.45, 2.75) is 31.1 Å². The van der Waals surface area contributed by atoms with Gasteiger partial charge < -0.3 is 9.47 Å². The van der Waals surface area contributed by atoms with E-state index in [0.717, 1.165) is 37.0 Å². The Morgan fingerprint density at radius 3 is 2.70 bits per heavy atom. The zero-order valence-electron chi connectivity index (χ0n) is 13.3. The SMILES string of the molecule is COc1cccc(CCCOC(=O)C2(c3ccncc3)CC2)c1. The summed E-state index contributed by atoms with van der Waals surface area (Å²) in [4.78, 5) is 16.4. The molecule has 1 saturated carbocycles. The first kappa shape index (κ1) is 15.5. The van der Waals surface area contributed by atoms with Crippen LogP contribution in [0.15, 0.2) is 48.8 Å². The molecule has 0 radical (unpaired) electrons. The molecule has 1 aliphatic rings. The quantitative estimate of drug-likeness (QED) is 0.581.